The van der Waals surface area contributed by atoms with Crippen LogP contribution in [0.1, 0.15) is 29.9 Å². The van der Waals surface area contributed by atoms with Crippen LogP contribution in [0, 0.1) is 6.92 Å². The third kappa shape index (κ3) is 4.70. The van der Waals surface area contributed by atoms with E-state index in [9.17, 15) is 18.0 Å². The predicted octanol–water partition coefficient (Wildman–Crippen LogP) is 3.80. The van der Waals surface area contributed by atoms with E-state index in [1.807, 2.05) is 6.07 Å². The molecular weight excluding hydrogens is 399 g/mol. The molecule has 1 aromatic carbocycles. The quantitative estimate of drug-likeness (QED) is 0.741. The number of methoxy groups -OCH3 is 2. The number of carbonyl (C=O) groups is 1. The number of halogens is 4. The number of ether oxygens (including phenoxy) is 2. The normalized spacial score (nSPS) is 12.6. The Bertz CT molecular complexity index is 853. The van der Waals surface area contributed by atoms with Crippen molar-refractivity contribution in [3.63, 3.8) is 0 Å². The Hall–Kier alpha value is -2.42. The van der Waals surface area contributed by atoms with Crippen LogP contribution in [0.2, 0.25) is 5.02 Å². The number of aromatic nitrogens is 2. The largest absolute Gasteiger partial charge is 0.493 e. The molecule has 28 heavy (non-hydrogen) atoms. The van der Waals surface area contributed by atoms with Crippen molar-refractivity contribution in [2.24, 2.45) is 0 Å². The highest BCUT2D eigenvalue weighted by Gasteiger charge is 2.39. The zero-order chi connectivity index (χ0) is 21.1. The molecule has 2 rings (SSSR count). The van der Waals surface area contributed by atoms with E-state index in [1.54, 1.807) is 12.1 Å². The Labute approximate surface area is 165 Å². The monoisotopic (exact) mass is 419 g/mol. The van der Waals surface area contributed by atoms with Crippen LogP contribution in [0.3, 0.4) is 0 Å². The highest BCUT2D eigenvalue weighted by atomic mass is 35.5. The van der Waals surface area contributed by atoms with Gasteiger partial charge in [0.1, 0.15) is 6.04 Å². The van der Waals surface area contributed by atoms with Crippen LogP contribution >= 0.6 is 11.6 Å². The van der Waals surface area contributed by atoms with Crippen molar-refractivity contribution >= 4 is 17.5 Å². The van der Waals surface area contributed by atoms with Crippen molar-refractivity contribution in [3.05, 3.63) is 40.2 Å². The molecule has 1 N–H and O–H groups in total. The third-order valence-electron chi connectivity index (χ3n) is 4.25. The average molecular weight is 420 g/mol. The molecule has 0 spiro atoms. The summed E-state index contributed by atoms with van der Waals surface area (Å²) in [5.74, 6) is 0.702. The number of amides is 1. The molecule has 10 heteroatoms. The average Bonchev–Trinajstić information content (AvgIpc) is 2.96. The minimum atomic E-state index is -4.68. The molecule has 0 radical (unpaired) electrons. The van der Waals surface area contributed by atoms with E-state index in [0.29, 0.717) is 24.5 Å². The second kappa shape index (κ2) is 8.72. The zero-order valence-corrected chi connectivity index (χ0v) is 16.6. The third-order valence-corrected chi connectivity index (χ3v) is 4.71. The van der Waals surface area contributed by atoms with Gasteiger partial charge in [-0.25, -0.2) is 0 Å². The number of hydrogen-bond donors (Lipinski definition) is 1. The number of benzene rings is 1. The van der Waals surface area contributed by atoms with Gasteiger partial charge in [0, 0.05) is 6.54 Å². The number of alkyl halides is 3. The number of rotatable bonds is 7. The lowest BCUT2D eigenvalue weighted by Crippen LogP contribution is -2.33. The van der Waals surface area contributed by atoms with Crippen LogP contribution < -0.4 is 14.8 Å². The van der Waals surface area contributed by atoms with E-state index < -0.39 is 28.8 Å². The summed E-state index contributed by atoms with van der Waals surface area (Å²) in [6.07, 6.45) is -4.18. The number of nitrogens with one attached hydrogen (secondary N) is 1. The maximum atomic E-state index is 12.9. The summed E-state index contributed by atoms with van der Waals surface area (Å²) in [4.78, 5) is 12.3. The molecule has 0 fully saturated rings. The predicted molar refractivity (Wildman–Crippen MR) is 97.9 cm³/mol. The van der Waals surface area contributed by atoms with Gasteiger partial charge in [-0.1, -0.05) is 17.7 Å². The van der Waals surface area contributed by atoms with Crippen molar-refractivity contribution in [2.45, 2.75) is 32.5 Å². The van der Waals surface area contributed by atoms with E-state index in [-0.39, 0.29) is 5.69 Å². The first-order valence-electron chi connectivity index (χ1n) is 8.40. The van der Waals surface area contributed by atoms with Gasteiger partial charge in [-0.15, -0.1) is 0 Å². The number of nitrogens with zero attached hydrogens (tertiary/aromatic N) is 2. The fourth-order valence-electron chi connectivity index (χ4n) is 2.68. The van der Waals surface area contributed by atoms with E-state index in [0.717, 1.165) is 10.2 Å². The lowest BCUT2D eigenvalue weighted by molar-refractivity contribution is -0.141. The van der Waals surface area contributed by atoms with E-state index >= 15 is 0 Å². The first kappa shape index (κ1) is 21.9. The molecule has 0 bridgehead atoms. The summed E-state index contributed by atoms with van der Waals surface area (Å²) in [6, 6.07) is 4.44. The minimum Gasteiger partial charge on any atom is -0.493 e. The molecule has 1 atom stereocenters. The fourth-order valence-corrected chi connectivity index (χ4v) is 2.91. The molecule has 1 aromatic heterocycles. The van der Waals surface area contributed by atoms with Gasteiger partial charge in [-0.3, -0.25) is 9.48 Å². The molecule has 0 aliphatic carbocycles. The van der Waals surface area contributed by atoms with Crippen molar-refractivity contribution in [2.75, 3.05) is 20.8 Å². The maximum absolute atomic E-state index is 12.9. The molecule has 1 amide bonds. The highest BCUT2D eigenvalue weighted by Crippen LogP contribution is 2.36. The molecule has 0 saturated heterocycles. The molecule has 2 aromatic rings. The van der Waals surface area contributed by atoms with Crippen LogP contribution in [-0.2, 0) is 17.4 Å². The van der Waals surface area contributed by atoms with E-state index in [1.165, 1.54) is 28.1 Å². The van der Waals surface area contributed by atoms with Gasteiger partial charge in [0.15, 0.2) is 17.2 Å². The smallest absolute Gasteiger partial charge is 0.436 e. The minimum absolute atomic E-state index is 0.0801. The molecule has 0 aliphatic heterocycles. The van der Waals surface area contributed by atoms with Gasteiger partial charge < -0.3 is 14.8 Å². The Morgan fingerprint density at radius 3 is 2.46 bits per heavy atom. The second-order valence-electron chi connectivity index (χ2n) is 6.10. The standard InChI is InChI=1S/C18H21ClF3N3O3/c1-10-15(19)16(18(20,21)22)24-25(10)11(2)17(26)23-8-7-12-5-6-13(27-3)14(9-12)28-4/h5-6,9,11H,7-8H2,1-4H3,(H,23,26). The number of carbonyl (C=O) groups excluding carboxylic acids is 1. The topological polar surface area (TPSA) is 65.4 Å². The Morgan fingerprint density at radius 1 is 1.29 bits per heavy atom. The van der Waals surface area contributed by atoms with Gasteiger partial charge in [0.2, 0.25) is 5.91 Å². The van der Waals surface area contributed by atoms with Gasteiger partial charge in [0.25, 0.3) is 0 Å². The second-order valence-corrected chi connectivity index (χ2v) is 6.47. The Kier molecular flexibility index (Phi) is 6.82. The van der Waals surface area contributed by atoms with Crippen molar-refractivity contribution in [1.29, 1.82) is 0 Å². The van der Waals surface area contributed by atoms with Gasteiger partial charge in [-0.05, 0) is 38.0 Å². The van der Waals surface area contributed by atoms with Crippen LogP contribution in [0.4, 0.5) is 13.2 Å². The Balaban J connectivity index is 2.02. The first-order valence-corrected chi connectivity index (χ1v) is 8.78. The van der Waals surface area contributed by atoms with Crippen LogP contribution in [0.5, 0.6) is 11.5 Å². The van der Waals surface area contributed by atoms with Crippen molar-refractivity contribution in [3.8, 4) is 11.5 Å². The highest BCUT2D eigenvalue weighted by molar-refractivity contribution is 6.32. The van der Waals surface area contributed by atoms with Gasteiger partial charge in [0.05, 0.1) is 24.9 Å². The van der Waals surface area contributed by atoms with Crippen LogP contribution in [0.25, 0.3) is 0 Å². The van der Waals surface area contributed by atoms with E-state index in [2.05, 4.69) is 10.4 Å². The lowest BCUT2D eigenvalue weighted by Gasteiger charge is -2.15. The molecular formula is C18H21ClF3N3O3. The molecule has 1 unspecified atom stereocenters. The lowest BCUT2D eigenvalue weighted by atomic mass is 10.1. The summed E-state index contributed by atoms with van der Waals surface area (Å²) in [7, 11) is 3.06. The van der Waals surface area contributed by atoms with E-state index in [4.69, 9.17) is 21.1 Å². The maximum Gasteiger partial charge on any atom is 0.436 e. The van der Waals surface area contributed by atoms with Crippen molar-refractivity contribution in [1.82, 2.24) is 15.1 Å². The summed E-state index contributed by atoms with van der Waals surface area (Å²) >= 11 is 5.73. The SMILES string of the molecule is COc1ccc(CCNC(=O)C(C)n2nc(C(F)(F)F)c(Cl)c2C)cc1OC. The molecule has 0 aliphatic rings. The van der Waals surface area contributed by atoms with Gasteiger partial charge in [-0.2, -0.15) is 18.3 Å². The zero-order valence-electron chi connectivity index (χ0n) is 15.9. The van der Waals surface area contributed by atoms with Crippen molar-refractivity contribution < 1.29 is 27.4 Å². The van der Waals surface area contributed by atoms with Crippen LogP contribution in [0.15, 0.2) is 18.2 Å². The van der Waals surface area contributed by atoms with Gasteiger partial charge >= 0.3 is 6.18 Å². The number of hydrogen-bond acceptors (Lipinski definition) is 4. The Morgan fingerprint density at radius 2 is 1.93 bits per heavy atom. The van der Waals surface area contributed by atoms with Crippen LogP contribution in [-0.4, -0.2) is 36.5 Å². The molecule has 0 saturated carbocycles. The molecule has 6 nitrogen and oxygen atoms in total. The summed E-state index contributed by atoms with van der Waals surface area (Å²) < 4.78 is 50.2. The summed E-state index contributed by atoms with van der Waals surface area (Å²) in [5, 5.41) is 5.67. The molecule has 154 valence electrons. The summed E-state index contributed by atoms with van der Waals surface area (Å²) in [6.45, 7) is 3.14. The summed E-state index contributed by atoms with van der Waals surface area (Å²) in [5.41, 5.74) is -0.212. The fraction of sp³-hybridized carbons (Fsp3) is 0.444. The first-order chi connectivity index (χ1) is 13.1. The molecule has 1 heterocycles.